The molecule has 1 atom stereocenters. The number of aromatic nitrogens is 2. The van der Waals surface area contributed by atoms with E-state index in [0.717, 1.165) is 4.88 Å². The van der Waals surface area contributed by atoms with Crippen molar-refractivity contribution in [3.05, 3.63) is 22.7 Å². The minimum absolute atomic E-state index is 0.259. The first-order valence-corrected chi connectivity index (χ1v) is 4.61. The van der Waals surface area contributed by atoms with Crippen molar-refractivity contribution < 1.29 is 0 Å². The Morgan fingerprint density at radius 1 is 1.67 bits per heavy atom. The van der Waals surface area contributed by atoms with E-state index in [-0.39, 0.29) is 6.04 Å². The van der Waals surface area contributed by atoms with Gasteiger partial charge in [0.2, 0.25) is 0 Å². The first-order chi connectivity index (χ1) is 5.74. The fraction of sp³-hybridized carbons (Fsp3) is 0.500. The van der Waals surface area contributed by atoms with Crippen molar-refractivity contribution in [2.75, 3.05) is 7.05 Å². The third kappa shape index (κ3) is 2.39. The van der Waals surface area contributed by atoms with Gasteiger partial charge in [0, 0.05) is 0 Å². The fourth-order valence-corrected chi connectivity index (χ4v) is 1.54. The van der Waals surface area contributed by atoms with Crippen LogP contribution in [0.1, 0.15) is 24.8 Å². The summed E-state index contributed by atoms with van der Waals surface area (Å²) in [5.41, 5.74) is 1.29. The molecule has 1 rings (SSSR count). The van der Waals surface area contributed by atoms with Crippen molar-refractivity contribution in [2.24, 2.45) is 0 Å². The van der Waals surface area contributed by atoms with E-state index >= 15 is 0 Å². The summed E-state index contributed by atoms with van der Waals surface area (Å²) in [4.78, 5) is 1.15. The Morgan fingerprint density at radius 2 is 2.42 bits per heavy atom. The highest BCUT2D eigenvalue weighted by Gasteiger charge is 2.07. The van der Waals surface area contributed by atoms with E-state index in [4.69, 9.17) is 0 Å². The lowest BCUT2D eigenvalue weighted by atomic mass is 10.2. The van der Waals surface area contributed by atoms with Crippen molar-refractivity contribution in [1.82, 2.24) is 14.9 Å². The summed E-state index contributed by atoms with van der Waals surface area (Å²) in [6.07, 6.45) is 3.96. The van der Waals surface area contributed by atoms with Crippen LogP contribution in [0.5, 0.6) is 0 Å². The molecule has 0 aliphatic carbocycles. The molecule has 1 N–H and O–H groups in total. The van der Waals surface area contributed by atoms with Crippen molar-refractivity contribution >= 4 is 11.5 Å². The van der Waals surface area contributed by atoms with Gasteiger partial charge in [-0.15, -0.1) is 5.10 Å². The average molecular weight is 183 g/mol. The van der Waals surface area contributed by atoms with Crippen LogP contribution in [0.4, 0.5) is 0 Å². The van der Waals surface area contributed by atoms with Gasteiger partial charge in [-0.05, 0) is 32.4 Å². The molecule has 1 aromatic heterocycles. The van der Waals surface area contributed by atoms with Crippen LogP contribution in [0.25, 0.3) is 0 Å². The predicted molar refractivity (Wildman–Crippen MR) is 51.1 cm³/mol. The fourth-order valence-electron chi connectivity index (χ4n) is 0.953. The Labute approximate surface area is 76.7 Å². The average Bonchev–Trinajstić information content (AvgIpc) is 2.51. The molecule has 1 aromatic rings. The van der Waals surface area contributed by atoms with Crippen LogP contribution >= 0.6 is 11.5 Å². The minimum atomic E-state index is 0.259. The molecule has 0 saturated carbocycles. The van der Waals surface area contributed by atoms with Gasteiger partial charge in [0.05, 0.1) is 17.1 Å². The number of nitrogens with zero attached hydrogens (tertiary/aromatic N) is 2. The first kappa shape index (κ1) is 9.35. The smallest absolute Gasteiger partial charge is 0.0672 e. The predicted octanol–water partition coefficient (Wildman–Crippen LogP) is 1.76. The van der Waals surface area contributed by atoms with Crippen LogP contribution < -0.4 is 5.32 Å². The van der Waals surface area contributed by atoms with E-state index in [1.807, 2.05) is 7.05 Å². The van der Waals surface area contributed by atoms with E-state index in [1.54, 1.807) is 6.20 Å². The minimum Gasteiger partial charge on any atom is -0.309 e. The van der Waals surface area contributed by atoms with Gasteiger partial charge in [0.15, 0.2) is 0 Å². The standard InChI is InChI=1S/C8H13N3S/c1-6(2)4-7(9-3)8-5-10-11-12-8/h4-5,7,9H,1-3H3. The van der Waals surface area contributed by atoms with Crippen LogP contribution in [0.2, 0.25) is 0 Å². The molecule has 0 spiro atoms. The Kier molecular flexibility index (Phi) is 3.37. The summed E-state index contributed by atoms with van der Waals surface area (Å²) in [5.74, 6) is 0. The molecule has 0 aromatic carbocycles. The lowest BCUT2D eigenvalue weighted by molar-refractivity contribution is 0.720. The third-order valence-electron chi connectivity index (χ3n) is 1.50. The quantitative estimate of drug-likeness (QED) is 0.726. The van der Waals surface area contributed by atoms with Gasteiger partial charge in [-0.2, -0.15) is 0 Å². The third-order valence-corrected chi connectivity index (χ3v) is 2.24. The van der Waals surface area contributed by atoms with Crippen LogP contribution in [-0.2, 0) is 0 Å². The molecule has 0 fully saturated rings. The van der Waals surface area contributed by atoms with Gasteiger partial charge in [-0.25, -0.2) is 0 Å². The molecule has 0 amide bonds. The van der Waals surface area contributed by atoms with E-state index < -0.39 is 0 Å². The summed E-state index contributed by atoms with van der Waals surface area (Å²) in [7, 11) is 1.93. The van der Waals surface area contributed by atoms with Gasteiger partial charge in [0.25, 0.3) is 0 Å². The van der Waals surface area contributed by atoms with E-state index in [2.05, 4.69) is 34.8 Å². The molecule has 0 aliphatic heterocycles. The topological polar surface area (TPSA) is 37.8 Å². The molecule has 0 aliphatic rings. The zero-order chi connectivity index (χ0) is 8.97. The zero-order valence-electron chi connectivity index (χ0n) is 7.53. The molecule has 3 nitrogen and oxygen atoms in total. The first-order valence-electron chi connectivity index (χ1n) is 3.83. The molecule has 0 bridgehead atoms. The lowest BCUT2D eigenvalue weighted by Gasteiger charge is -2.08. The van der Waals surface area contributed by atoms with Crippen molar-refractivity contribution in [3.8, 4) is 0 Å². The second-order valence-electron chi connectivity index (χ2n) is 2.83. The van der Waals surface area contributed by atoms with E-state index in [0.29, 0.717) is 0 Å². The van der Waals surface area contributed by atoms with Gasteiger partial charge in [0.1, 0.15) is 0 Å². The van der Waals surface area contributed by atoms with Crippen molar-refractivity contribution in [3.63, 3.8) is 0 Å². The maximum Gasteiger partial charge on any atom is 0.0672 e. The summed E-state index contributed by atoms with van der Waals surface area (Å²) in [6, 6.07) is 0.259. The van der Waals surface area contributed by atoms with Crippen LogP contribution in [0.15, 0.2) is 17.8 Å². The zero-order valence-corrected chi connectivity index (χ0v) is 8.35. The van der Waals surface area contributed by atoms with Gasteiger partial charge in [-0.1, -0.05) is 16.1 Å². The summed E-state index contributed by atoms with van der Waals surface area (Å²) in [5, 5.41) is 6.99. The molecule has 66 valence electrons. The number of likely N-dealkylation sites (N-methyl/N-ethyl adjacent to an activating group) is 1. The number of allylic oxidation sites excluding steroid dienone is 1. The summed E-state index contributed by atoms with van der Waals surface area (Å²) < 4.78 is 3.82. The maximum atomic E-state index is 3.82. The maximum absolute atomic E-state index is 3.82. The molecule has 1 heterocycles. The van der Waals surface area contributed by atoms with Gasteiger partial charge in [-0.3, -0.25) is 0 Å². The number of hydrogen-bond donors (Lipinski definition) is 1. The van der Waals surface area contributed by atoms with Gasteiger partial charge < -0.3 is 5.32 Å². The number of rotatable bonds is 3. The SMILES string of the molecule is CNC(C=C(C)C)c1cnns1. The monoisotopic (exact) mass is 183 g/mol. The van der Waals surface area contributed by atoms with E-state index in [9.17, 15) is 0 Å². The Bertz CT molecular complexity index is 249. The molecule has 4 heteroatoms. The van der Waals surface area contributed by atoms with Crippen LogP contribution in [0, 0.1) is 0 Å². The molecule has 0 radical (unpaired) electrons. The number of hydrogen-bond acceptors (Lipinski definition) is 4. The Morgan fingerprint density at radius 3 is 2.83 bits per heavy atom. The molecular formula is C8H13N3S. The molecule has 12 heavy (non-hydrogen) atoms. The second-order valence-corrected chi connectivity index (χ2v) is 3.65. The molecule has 0 saturated heterocycles. The van der Waals surface area contributed by atoms with Crippen molar-refractivity contribution in [1.29, 1.82) is 0 Å². The van der Waals surface area contributed by atoms with Crippen molar-refractivity contribution in [2.45, 2.75) is 19.9 Å². The summed E-state index contributed by atoms with van der Waals surface area (Å²) >= 11 is 1.43. The second kappa shape index (κ2) is 4.33. The largest absolute Gasteiger partial charge is 0.309 e. The normalized spacial score (nSPS) is 12.6. The molecule has 1 unspecified atom stereocenters. The summed E-state index contributed by atoms with van der Waals surface area (Å²) in [6.45, 7) is 4.16. The van der Waals surface area contributed by atoms with Crippen LogP contribution in [-0.4, -0.2) is 16.6 Å². The highest BCUT2D eigenvalue weighted by molar-refractivity contribution is 7.05. The molecular weight excluding hydrogens is 170 g/mol. The van der Waals surface area contributed by atoms with Crippen LogP contribution in [0.3, 0.4) is 0 Å². The highest BCUT2D eigenvalue weighted by Crippen LogP contribution is 2.17. The lowest BCUT2D eigenvalue weighted by Crippen LogP contribution is -2.12. The number of nitrogens with one attached hydrogen (secondary N) is 1. The highest BCUT2D eigenvalue weighted by atomic mass is 32.1. The Hall–Kier alpha value is -0.740. The van der Waals surface area contributed by atoms with Gasteiger partial charge >= 0.3 is 0 Å². The van der Waals surface area contributed by atoms with E-state index in [1.165, 1.54) is 17.1 Å². The Balaban J connectivity index is 2.77.